The first kappa shape index (κ1) is 25.4. The molecule has 31 heavy (non-hydrogen) atoms. The highest BCUT2D eigenvalue weighted by Crippen LogP contribution is 2.41. The number of ether oxygens (including phenoxy) is 3. The van der Waals surface area contributed by atoms with Crippen LogP contribution in [0.15, 0.2) is 12.1 Å². The first-order valence-electron chi connectivity index (χ1n) is 10.9. The fourth-order valence-electron chi connectivity index (χ4n) is 3.89. The molecule has 0 saturated heterocycles. The predicted octanol–water partition coefficient (Wildman–Crippen LogP) is 3.31. The van der Waals surface area contributed by atoms with Crippen LogP contribution in [0.2, 0.25) is 0 Å². The largest absolute Gasteiger partial charge is 0.493 e. The van der Waals surface area contributed by atoms with Crippen molar-refractivity contribution in [1.29, 1.82) is 0 Å². The quantitative estimate of drug-likeness (QED) is 0.449. The fourth-order valence-corrected chi connectivity index (χ4v) is 5.74. The first-order chi connectivity index (χ1) is 14.8. The fraction of sp³-hybridized carbons (Fsp3) is 0.682. The van der Waals surface area contributed by atoms with E-state index in [-0.39, 0.29) is 6.42 Å². The highest BCUT2D eigenvalue weighted by molar-refractivity contribution is 7.86. The molecule has 1 atom stereocenters. The Balaban J connectivity index is 2.51. The topological polar surface area (TPSA) is 85.4 Å². The summed E-state index contributed by atoms with van der Waals surface area (Å²) in [5, 5.41) is 0. The lowest BCUT2D eigenvalue weighted by molar-refractivity contribution is -0.141. The van der Waals surface area contributed by atoms with Gasteiger partial charge in [-0.05, 0) is 42.5 Å². The van der Waals surface area contributed by atoms with Crippen LogP contribution in [0.1, 0.15) is 63.1 Å². The van der Waals surface area contributed by atoms with E-state index in [9.17, 15) is 13.2 Å². The van der Waals surface area contributed by atoms with Crippen LogP contribution in [-0.4, -0.2) is 64.0 Å². The van der Waals surface area contributed by atoms with Crippen LogP contribution in [0.4, 0.5) is 0 Å². The Hall–Kier alpha value is -1.84. The summed E-state index contributed by atoms with van der Waals surface area (Å²) in [4.78, 5) is 12.2. The van der Waals surface area contributed by atoms with Crippen LogP contribution in [0.25, 0.3) is 0 Å². The molecule has 0 saturated carbocycles. The van der Waals surface area contributed by atoms with Gasteiger partial charge in [0.2, 0.25) is 0 Å². The molecule has 1 aromatic carbocycles. The highest BCUT2D eigenvalue weighted by Gasteiger charge is 2.40. The molecule has 0 radical (unpaired) electrons. The molecule has 0 aliphatic carbocycles. The minimum Gasteiger partial charge on any atom is -0.493 e. The summed E-state index contributed by atoms with van der Waals surface area (Å²) in [6.07, 6.45) is 3.86. The van der Waals surface area contributed by atoms with Crippen molar-refractivity contribution in [2.24, 2.45) is 0 Å². The van der Waals surface area contributed by atoms with Gasteiger partial charge in [-0.2, -0.15) is 17.0 Å². The summed E-state index contributed by atoms with van der Waals surface area (Å²) in [5.74, 6) is 0.632. The molecular weight excluding hydrogens is 420 g/mol. The monoisotopic (exact) mass is 456 g/mol. The Bertz CT molecular complexity index is 835. The molecule has 0 bridgehead atoms. The van der Waals surface area contributed by atoms with E-state index < -0.39 is 22.2 Å². The number of carbonyl (C=O) groups excluding carboxylic acids is 1. The van der Waals surface area contributed by atoms with Crippen molar-refractivity contribution in [3.05, 3.63) is 23.3 Å². The van der Waals surface area contributed by atoms with E-state index in [0.29, 0.717) is 37.6 Å². The third-order valence-corrected chi connectivity index (χ3v) is 7.73. The third kappa shape index (κ3) is 5.90. The Labute approximate surface area is 186 Å². The second-order valence-electron chi connectivity index (χ2n) is 7.68. The molecule has 0 N–H and O–H groups in total. The van der Waals surface area contributed by atoms with Gasteiger partial charge in [0.15, 0.2) is 11.5 Å². The summed E-state index contributed by atoms with van der Waals surface area (Å²) >= 11 is 0. The van der Waals surface area contributed by atoms with E-state index >= 15 is 0 Å². The van der Waals surface area contributed by atoms with Gasteiger partial charge in [-0.1, -0.05) is 26.7 Å². The van der Waals surface area contributed by atoms with Crippen LogP contribution >= 0.6 is 0 Å². The summed E-state index contributed by atoms with van der Waals surface area (Å²) < 4.78 is 46.2. The van der Waals surface area contributed by atoms with Crippen LogP contribution in [0, 0.1) is 0 Å². The molecule has 9 heteroatoms. The van der Waals surface area contributed by atoms with Gasteiger partial charge < -0.3 is 14.2 Å². The molecule has 8 nitrogen and oxygen atoms in total. The third-order valence-electron chi connectivity index (χ3n) is 5.69. The summed E-state index contributed by atoms with van der Waals surface area (Å²) in [6.45, 7) is 5.32. The Kier molecular flexibility index (Phi) is 9.58. The van der Waals surface area contributed by atoms with Gasteiger partial charge in [0.1, 0.15) is 0 Å². The van der Waals surface area contributed by atoms with Gasteiger partial charge >= 0.3 is 5.97 Å². The summed E-state index contributed by atoms with van der Waals surface area (Å²) in [5.41, 5.74) is 1.70. The Morgan fingerprint density at radius 2 is 1.65 bits per heavy atom. The van der Waals surface area contributed by atoms with Crippen molar-refractivity contribution in [1.82, 2.24) is 8.61 Å². The number of fused-ring (bicyclic) bond motifs is 1. The van der Waals surface area contributed by atoms with Gasteiger partial charge in [0.05, 0.1) is 33.8 Å². The number of hydrogen-bond donors (Lipinski definition) is 0. The molecule has 2 rings (SSSR count). The molecule has 0 fully saturated rings. The van der Waals surface area contributed by atoms with E-state index in [1.807, 2.05) is 19.9 Å². The molecular formula is C22H36N2O6S. The van der Waals surface area contributed by atoms with E-state index in [4.69, 9.17) is 14.2 Å². The van der Waals surface area contributed by atoms with E-state index in [1.165, 1.54) is 18.5 Å². The van der Waals surface area contributed by atoms with Gasteiger partial charge in [-0.25, -0.2) is 0 Å². The number of nitrogens with zero attached hydrogens (tertiary/aromatic N) is 2. The maximum Gasteiger partial charge on any atom is 0.307 e. The molecule has 0 amide bonds. The number of benzene rings is 1. The lowest BCUT2D eigenvalue weighted by Crippen LogP contribution is -2.49. The van der Waals surface area contributed by atoms with E-state index in [0.717, 1.165) is 36.8 Å². The molecule has 1 aliphatic heterocycles. The van der Waals surface area contributed by atoms with Crippen LogP contribution in [0.3, 0.4) is 0 Å². The lowest BCUT2D eigenvalue weighted by Gasteiger charge is -2.39. The summed E-state index contributed by atoms with van der Waals surface area (Å²) in [7, 11) is 0.651. The second kappa shape index (κ2) is 11.7. The van der Waals surface area contributed by atoms with Gasteiger partial charge in [-0.15, -0.1) is 0 Å². The molecule has 1 unspecified atom stereocenters. The van der Waals surface area contributed by atoms with Crippen LogP contribution in [0.5, 0.6) is 11.5 Å². The number of unbranched alkanes of at least 4 members (excludes halogenated alkanes) is 2. The number of methoxy groups -OCH3 is 3. The predicted molar refractivity (Wildman–Crippen MR) is 120 cm³/mol. The number of rotatable bonds is 12. The molecule has 176 valence electrons. The van der Waals surface area contributed by atoms with Crippen molar-refractivity contribution in [2.75, 3.05) is 41.0 Å². The second-order valence-corrected chi connectivity index (χ2v) is 9.56. The zero-order valence-corrected chi connectivity index (χ0v) is 20.2. The van der Waals surface area contributed by atoms with Crippen molar-refractivity contribution in [3.63, 3.8) is 0 Å². The van der Waals surface area contributed by atoms with E-state index in [2.05, 4.69) is 0 Å². The zero-order chi connectivity index (χ0) is 23.0. The van der Waals surface area contributed by atoms with Gasteiger partial charge in [-0.3, -0.25) is 4.79 Å². The Morgan fingerprint density at radius 3 is 2.16 bits per heavy atom. The van der Waals surface area contributed by atoms with Gasteiger partial charge in [0.25, 0.3) is 10.2 Å². The highest BCUT2D eigenvalue weighted by atomic mass is 32.2. The van der Waals surface area contributed by atoms with Crippen molar-refractivity contribution >= 4 is 16.2 Å². The number of hydrogen-bond acceptors (Lipinski definition) is 6. The molecule has 0 aromatic heterocycles. The SMILES string of the molecule is CCCCN(CCCC)S(=O)(=O)N1CCc2cc(OC)c(OC)cc2C1CC(=O)OC. The lowest BCUT2D eigenvalue weighted by atomic mass is 9.91. The molecule has 0 spiro atoms. The number of carbonyl (C=O) groups is 1. The van der Waals surface area contributed by atoms with Crippen molar-refractivity contribution < 1.29 is 27.4 Å². The minimum absolute atomic E-state index is 0.0619. The van der Waals surface area contributed by atoms with E-state index in [1.54, 1.807) is 17.5 Å². The average Bonchev–Trinajstić information content (AvgIpc) is 2.77. The zero-order valence-electron chi connectivity index (χ0n) is 19.3. The summed E-state index contributed by atoms with van der Waals surface area (Å²) in [6, 6.07) is 2.99. The van der Waals surface area contributed by atoms with Crippen LogP contribution < -0.4 is 9.47 Å². The minimum atomic E-state index is -3.76. The molecule has 1 aromatic rings. The standard InChI is InChI=1S/C22H36N2O6S/c1-6-8-11-23(12-9-7-2)31(26,27)24-13-10-17-14-20(28-3)21(29-4)15-18(17)19(24)16-22(25)30-5/h14-15,19H,6-13,16H2,1-5H3. The Morgan fingerprint density at radius 1 is 1.06 bits per heavy atom. The smallest absolute Gasteiger partial charge is 0.307 e. The molecule has 1 heterocycles. The molecule has 1 aliphatic rings. The average molecular weight is 457 g/mol. The van der Waals surface area contributed by atoms with Crippen LogP contribution in [-0.2, 0) is 26.2 Å². The normalized spacial score (nSPS) is 16.8. The first-order valence-corrected chi connectivity index (χ1v) is 12.3. The van der Waals surface area contributed by atoms with Gasteiger partial charge in [0, 0.05) is 19.6 Å². The van der Waals surface area contributed by atoms with Crippen molar-refractivity contribution in [2.45, 2.75) is 58.4 Å². The maximum atomic E-state index is 13.7. The maximum absolute atomic E-state index is 13.7. The number of esters is 1. The van der Waals surface area contributed by atoms with Crippen molar-refractivity contribution in [3.8, 4) is 11.5 Å².